The van der Waals surface area contributed by atoms with Crippen LogP contribution in [0.4, 0.5) is 22.5 Å². The molecule has 0 atom stereocenters. The van der Waals surface area contributed by atoms with Crippen molar-refractivity contribution in [2.45, 2.75) is 19.8 Å². The first kappa shape index (κ1) is 19.0. The minimum atomic E-state index is -0.838. The maximum absolute atomic E-state index is 11.8. The van der Waals surface area contributed by atoms with E-state index in [1.165, 1.54) is 17.7 Å². The van der Waals surface area contributed by atoms with Gasteiger partial charge in [0, 0.05) is 13.1 Å². The monoisotopic (exact) mass is 414 g/mol. The maximum atomic E-state index is 11.8. The number of nitrogens with zero attached hydrogens (tertiary/aromatic N) is 5. The summed E-state index contributed by atoms with van der Waals surface area (Å²) in [4.78, 5) is 36.9. The number of hydrogen-bond donors (Lipinski definition) is 2. The van der Waals surface area contributed by atoms with Crippen LogP contribution in [0.2, 0.25) is 0 Å². The number of fused-ring (bicyclic) bond motifs is 1. The molecule has 1 fully saturated rings. The van der Waals surface area contributed by atoms with Gasteiger partial charge >= 0.3 is 11.7 Å². The van der Waals surface area contributed by atoms with Gasteiger partial charge in [-0.05, 0) is 31.4 Å². The summed E-state index contributed by atoms with van der Waals surface area (Å²) >= 11 is 1.39. The lowest BCUT2D eigenvalue weighted by molar-refractivity contribution is -0.383. The van der Waals surface area contributed by atoms with Gasteiger partial charge in [0.1, 0.15) is 6.33 Å². The number of nitro groups is 1. The minimum absolute atomic E-state index is 0.0667. The Morgan fingerprint density at radius 2 is 2.10 bits per heavy atom. The van der Waals surface area contributed by atoms with Crippen molar-refractivity contribution in [1.29, 1.82) is 0 Å². The zero-order valence-corrected chi connectivity index (χ0v) is 16.3. The van der Waals surface area contributed by atoms with Gasteiger partial charge in [-0.2, -0.15) is 0 Å². The number of aliphatic carboxylic acids is 1. The van der Waals surface area contributed by atoms with Crippen molar-refractivity contribution >= 4 is 50.0 Å². The van der Waals surface area contributed by atoms with Gasteiger partial charge < -0.3 is 15.3 Å². The van der Waals surface area contributed by atoms with Gasteiger partial charge in [-0.1, -0.05) is 23.5 Å². The number of hydrogen-bond acceptors (Lipinski definition) is 9. The van der Waals surface area contributed by atoms with E-state index < -0.39 is 16.8 Å². The molecule has 3 heterocycles. The molecule has 1 saturated heterocycles. The molecule has 3 aromatic rings. The van der Waals surface area contributed by atoms with Crippen LogP contribution in [0.3, 0.4) is 0 Å². The first-order chi connectivity index (χ1) is 13.9. The topological polar surface area (TPSA) is 134 Å². The Balaban J connectivity index is 1.65. The van der Waals surface area contributed by atoms with Crippen molar-refractivity contribution in [2.75, 3.05) is 23.3 Å². The molecular weight excluding hydrogens is 396 g/mol. The summed E-state index contributed by atoms with van der Waals surface area (Å²) in [7, 11) is 0. The Bertz CT molecular complexity index is 1090. The van der Waals surface area contributed by atoms with Crippen molar-refractivity contribution in [3.05, 3.63) is 40.2 Å². The highest BCUT2D eigenvalue weighted by Crippen LogP contribution is 2.37. The second kappa shape index (κ2) is 7.59. The Hall–Kier alpha value is -3.34. The molecule has 10 nitrogen and oxygen atoms in total. The standard InChI is InChI=1S/C18H18N6O4S/c1-10-3-2-4-12-13(10)21-18(29-12)22-15-14(24(27)28)16(20-9-19-15)23-7-5-11(6-8-23)17(25)26/h2-4,9,11H,5-8H2,1H3,(H,25,26)(H,19,20,21,22). The lowest BCUT2D eigenvalue weighted by atomic mass is 9.97. The Morgan fingerprint density at radius 1 is 1.34 bits per heavy atom. The van der Waals surface area contributed by atoms with Crippen LogP contribution in [0.15, 0.2) is 24.5 Å². The normalized spacial score (nSPS) is 14.9. The number of thiazole rings is 1. The summed E-state index contributed by atoms with van der Waals surface area (Å²) in [6, 6.07) is 5.83. The zero-order chi connectivity index (χ0) is 20.5. The van der Waals surface area contributed by atoms with Crippen LogP contribution in [0.1, 0.15) is 18.4 Å². The fraction of sp³-hybridized carbons (Fsp3) is 0.333. The highest BCUT2D eigenvalue weighted by molar-refractivity contribution is 7.22. The molecule has 4 rings (SSSR count). The largest absolute Gasteiger partial charge is 0.481 e. The van der Waals surface area contributed by atoms with Crippen LogP contribution in [0.25, 0.3) is 10.2 Å². The molecule has 0 aliphatic carbocycles. The highest BCUT2D eigenvalue weighted by atomic mass is 32.1. The molecule has 29 heavy (non-hydrogen) atoms. The average molecular weight is 414 g/mol. The Labute approximate surface area is 169 Å². The summed E-state index contributed by atoms with van der Waals surface area (Å²) in [6.07, 6.45) is 2.10. The quantitative estimate of drug-likeness (QED) is 0.476. The predicted octanol–water partition coefficient (Wildman–Crippen LogP) is 3.35. The minimum Gasteiger partial charge on any atom is -0.481 e. The van der Waals surface area contributed by atoms with Crippen molar-refractivity contribution in [3.63, 3.8) is 0 Å². The fourth-order valence-corrected chi connectivity index (χ4v) is 4.38. The Kier molecular flexibility index (Phi) is 4.97. The molecule has 2 aromatic heterocycles. The number of anilines is 3. The third-order valence-electron chi connectivity index (χ3n) is 4.98. The smallest absolute Gasteiger partial charge is 0.353 e. The lowest BCUT2D eigenvalue weighted by Gasteiger charge is -2.30. The summed E-state index contributed by atoms with van der Waals surface area (Å²) in [5.74, 6) is -1.02. The number of para-hydroxylation sites is 1. The Morgan fingerprint density at radius 3 is 2.76 bits per heavy atom. The van der Waals surface area contributed by atoms with E-state index in [0.29, 0.717) is 31.1 Å². The van der Waals surface area contributed by atoms with Crippen molar-refractivity contribution in [3.8, 4) is 0 Å². The molecule has 0 amide bonds. The molecule has 0 bridgehead atoms. The van der Waals surface area contributed by atoms with Gasteiger partial charge in [0.05, 0.1) is 21.1 Å². The molecular formula is C18H18N6O4S. The van der Waals surface area contributed by atoms with Crippen molar-refractivity contribution in [2.24, 2.45) is 5.92 Å². The fourth-order valence-electron chi connectivity index (χ4n) is 3.44. The number of nitrogens with one attached hydrogen (secondary N) is 1. The summed E-state index contributed by atoms with van der Waals surface area (Å²) < 4.78 is 0.972. The molecule has 150 valence electrons. The molecule has 1 aliphatic heterocycles. The van der Waals surface area contributed by atoms with E-state index in [1.54, 1.807) is 4.90 Å². The van der Waals surface area contributed by atoms with Crippen LogP contribution in [-0.4, -0.2) is 44.0 Å². The summed E-state index contributed by atoms with van der Waals surface area (Å²) in [6.45, 7) is 2.72. The summed E-state index contributed by atoms with van der Waals surface area (Å²) in [5, 5.41) is 24.5. The molecule has 0 unspecified atom stereocenters. The summed E-state index contributed by atoms with van der Waals surface area (Å²) in [5.41, 5.74) is 1.62. The first-order valence-electron chi connectivity index (χ1n) is 9.04. The number of carbonyl (C=O) groups is 1. The molecule has 0 radical (unpaired) electrons. The molecule has 0 spiro atoms. The van der Waals surface area contributed by atoms with Crippen LogP contribution >= 0.6 is 11.3 Å². The van der Waals surface area contributed by atoms with Crippen LogP contribution in [0.5, 0.6) is 0 Å². The molecule has 2 N–H and O–H groups in total. The van der Waals surface area contributed by atoms with Gasteiger partial charge in [0.2, 0.25) is 11.6 Å². The number of aryl methyl sites for hydroxylation is 1. The van der Waals surface area contributed by atoms with Crippen LogP contribution in [-0.2, 0) is 4.79 Å². The number of carboxylic acid groups (broad SMARTS) is 1. The number of piperidine rings is 1. The number of aromatic nitrogens is 3. The van der Waals surface area contributed by atoms with E-state index in [2.05, 4.69) is 20.3 Å². The van der Waals surface area contributed by atoms with E-state index >= 15 is 0 Å². The number of rotatable bonds is 5. The molecule has 1 aromatic carbocycles. The van der Waals surface area contributed by atoms with Gasteiger partial charge in [0.25, 0.3) is 0 Å². The number of carboxylic acids is 1. The third kappa shape index (κ3) is 3.68. The van der Waals surface area contributed by atoms with E-state index in [4.69, 9.17) is 5.11 Å². The van der Waals surface area contributed by atoms with E-state index in [9.17, 15) is 14.9 Å². The SMILES string of the molecule is Cc1cccc2sc(Nc3ncnc(N4CCC(C(=O)O)CC4)c3[N+](=O)[O-])nc12. The van der Waals surface area contributed by atoms with E-state index in [1.807, 2.05) is 25.1 Å². The zero-order valence-electron chi connectivity index (χ0n) is 15.5. The van der Waals surface area contributed by atoms with Crippen LogP contribution < -0.4 is 10.2 Å². The molecule has 11 heteroatoms. The second-order valence-corrected chi connectivity index (χ2v) is 7.85. The molecule has 0 saturated carbocycles. The average Bonchev–Trinajstić information content (AvgIpc) is 3.11. The third-order valence-corrected chi connectivity index (χ3v) is 5.91. The van der Waals surface area contributed by atoms with Gasteiger partial charge in [-0.3, -0.25) is 14.9 Å². The highest BCUT2D eigenvalue weighted by Gasteiger charge is 2.32. The van der Waals surface area contributed by atoms with Crippen molar-refractivity contribution in [1.82, 2.24) is 15.0 Å². The van der Waals surface area contributed by atoms with E-state index in [-0.39, 0.29) is 17.3 Å². The lowest BCUT2D eigenvalue weighted by Crippen LogP contribution is -2.37. The van der Waals surface area contributed by atoms with Gasteiger partial charge in [0.15, 0.2) is 5.13 Å². The number of benzene rings is 1. The van der Waals surface area contributed by atoms with Crippen molar-refractivity contribution < 1.29 is 14.8 Å². The maximum Gasteiger partial charge on any atom is 0.353 e. The second-order valence-electron chi connectivity index (χ2n) is 6.82. The van der Waals surface area contributed by atoms with Gasteiger partial charge in [-0.15, -0.1) is 0 Å². The van der Waals surface area contributed by atoms with Gasteiger partial charge in [-0.25, -0.2) is 15.0 Å². The first-order valence-corrected chi connectivity index (χ1v) is 9.86. The predicted molar refractivity (Wildman–Crippen MR) is 109 cm³/mol. The molecule has 1 aliphatic rings. The van der Waals surface area contributed by atoms with Crippen LogP contribution in [0, 0.1) is 23.0 Å². The van der Waals surface area contributed by atoms with E-state index in [0.717, 1.165) is 15.8 Å².